The summed E-state index contributed by atoms with van der Waals surface area (Å²) >= 11 is 6.13. The van der Waals surface area contributed by atoms with Crippen molar-refractivity contribution >= 4 is 29.1 Å². The molecule has 0 aliphatic carbocycles. The lowest BCUT2D eigenvalue weighted by Gasteiger charge is -2.25. The summed E-state index contributed by atoms with van der Waals surface area (Å²) in [5.41, 5.74) is 2.62. The number of fused-ring (bicyclic) bond motifs is 1. The molecule has 2 aliphatic rings. The second kappa shape index (κ2) is 11.5. The molecule has 0 radical (unpaired) electrons. The van der Waals surface area contributed by atoms with Crippen LogP contribution in [0.25, 0.3) is 0 Å². The number of carbonyl (C=O) groups excluding carboxylic acids is 2. The largest absolute Gasteiger partial charge is 0.388 e. The van der Waals surface area contributed by atoms with Crippen molar-refractivity contribution in [2.24, 2.45) is 11.8 Å². The van der Waals surface area contributed by atoms with Gasteiger partial charge in [-0.15, -0.1) is 0 Å². The second-order valence-corrected chi connectivity index (χ2v) is 10.5. The van der Waals surface area contributed by atoms with Gasteiger partial charge in [-0.1, -0.05) is 48.0 Å². The van der Waals surface area contributed by atoms with E-state index in [4.69, 9.17) is 11.6 Å². The molecule has 0 aromatic heterocycles. The average Bonchev–Trinajstić information content (AvgIpc) is 3.50. The molecule has 5 rings (SSSR count). The standard InChI is InChI=1S/C30H32ClFN4O2/c1-33-24-12-10-21(11-13-24)29(37)34-27(20-6-3-2-4-7-20)14-15-35-16-22-18-36(19-23(22)17-35)30(38)28-25(31)8-5-9-26(28)32/h2-13,22-23,27,33H,14-19H2,1H3,(H,34,37)/t22-,23?,27?/m0/s1. The summed E-state index contributed by atoms with van der Waals surface area (Å²) in [6.45, 7) is 3.79. The molecule has 0 spiro atoms. The maximum Gasteiger partial charge on any atom is 0.258 e. The predicted octanol–water partition coefficient (Wildman–Crippen LogP) is 5.09. The van der Waals surface area contributed by atoms with E-state index in [0.29, 0.717) is 30.5 Å². The smallest absolute Gasteiger partial charge is 0.258 e. The Labute approximate surface area is 227 Å². The number of nitrogens with one attached hydrogen (secondary N) is 2. The van der Waals surface area contributed by atoms with Gasteiger partial charge in [0.2, 0.25) is 0 Å². The van der Waals surface area contributed by atoms with Gasteiger partial charge >= 0.3 is 0 Å². The van der Waals surface area contributed by atoms with Crippen molar-refractivity contribution in [1.82, 2.24) is 15.1 Å². The van der Waals surface area contributed by atoms with Gasteiger partial charge in [-0.3, -0.25) is 9.59 Å². The van der Waals surface area contributed by atoms with E-state index in [-0.39, 0.29) is 28.4 Å². The number of rotatable bonds is 8. The van der Waals surface area contributed by atoms with Gasteiger partial charge in [0.25, 0.3) is 11.8 Å². The van der Waals surface area contributed by atoms with Crippen LogP contribution >= 0.6 is 11.6 Å². The van der Waals surface area contributed by atoms with E-state index >= 15 is 0 Å². The molecular weight excluding hydrogens is 503 g/mol. The summed E-state index contributed by atoms with van der Waals surface area (Å²) in [6.07, 6.45) is 0.775. The molecule has 2 fully saturated rings. The molecule has 2 heterocycles. The lowest BCUT2D eigenvalue weighted by molar-refractivity contribution is 0.0769. The Balaban J connectivity index is 1.19. The minimum absolute atomic E-state index is 0.0342. The number of anilines is 1. The summed E-state index contributed by atoms with van der Waals surface area (Å²) in [7, 11) is 1.85. The van der Waals surface area contributed by atoms with Gasteiger partial charge in [0, 0.05) is 51.0 Å². The number of amides is 2. The van der Waals surface area contributed by atoms with E-state index in [9.17, 15) is 14.0 Å². The lowest BCUT2D eigenvalue weighted by atomic mass is 10.0. The first kappa shape index (κ1) is 26.2. The highest BCUT2D eigenvalue weighted by Gasteiger charge is 2.42. The lowest BCUT2D eigenvalue weighted by Crippen LogP contribution is -2.35. The Kier molecular flexibility index (Phi) is 7.95. The minimum Gasteiger partial charge on any atom is -0.388 e. The number of benzene rings is 3. The summed E-state index contributed by atoms with van der Waals surface area (Å²) in [5.74, 6) is -0.308. The summed E-state index contributed by atoms with van der Waals surface area (Å²) in [5, 5.41) is 6.45. The van der Waals surface area contributed by atoms with E-state index in [1.54, 1.807) is 11.0 Å². The number of likely N-dealkylation sites (tertiary alicyclic amines) is 2. The van der Waals surface area contributed by atoms with Crippen molar-refractivity contribution in [1.29, 1.82) is 0 Å². The summed E-state index contributed by atoms with van der Waals surface area (Å²) in [4.78, 5) is 30.2. The number of carbonyl (C=O) groups is 2. The molecule has 6 nitrogen and oxygen atoms in total. The molecule has 0 saturated carbocycles. The molecule has 2 aliphatic heterocycles. The zero-order valence-corrected chi connectivity index (χ0v) is 22.1. The molecule has 2 N–H and O–H groups in total. The van der Waals surface area contributed by atoms with Gasteiger partial charge < -0.3 is 20.4 Å². The fourth-order valence-corrected chi connectivity index (χ4v) is 5.89. The van der Waals surface area contributed by atoms with E-state index < -0.39 is 5.82 Å². The zero-order chi connectivity index (χ0) is 26.6. The van der Waals surface area contributed by atoms with Crippen LogP contribution < -0.4 is 10.6 Å². The third-order valence-electron chi connectivity index (χ3n) is 7.70. The van der Waals surface area contributed by atoms with Crippen molar-refractivity contribution in [2.75, 3.05) is 45.1 Å². The second-order valence-electron chi connectivity index (χ2n) is 10.1. The van der Waals surface area contributed by atoms with Gasteiger partial charge in [-0.2, -0.15) is 0 Å². The van der Waals surface area contributed by atoms with Gasteiger partial charge in [-0.05, 0) is 60.2 Å². The van der Waals surface area contributed by atoms with Crippen molar-refractivity contribution in [2.45, 2.75) is 12.5 Å². The highest BCUT2D eigenvalue weighted by Crippen LogP contribution is 2.34. The maximum atomic E-state index is 14.3. The number of hydrogen-bond acceptors (Lipinski definition) is 4. The van der Waals surface area contributed by atoms with Crippen LogP contribution in [0.15, 0.2) is 72.8 Å². The van der Waals surface area contributed by atoms with E-state index in [1.165, 1.54) is 12.1 Å². The van der Waals surface area contributed by atoms with E-state index in [2.05, 4.69) is 15.5 Å². The van der Waals surface area contributed by atoms with Crippen LogP contribution in [0.5, 0.6) is 0 Å². The topological polar surface area (TPSA) is 64.7 Å². The van der Waals surface area contributed by atoms with Gasteiger partial charge in [0.05, 0.1) is 16.6 Å². The van der Waals surface area contributed by atoms with Crippen LogP contribution in [0.1, 0.15) is 38.7 Å². The molecule has 3 aromatic carbocycles. The van der Waals surface area contributed by atoms with Crippen molar-refractivity contribution in [3.05, 3.63) is 100 Å². The predicted molar refractivity (Wildman–Crippen MR) is 148 cm³/mol. The first-order chi connectivity index (χ1) is 18.4. The summed E-state index contributed by atoms with van der Waals surface area (Å²) < 4.78 is 14.3. The number of halogens is 2. The Morgan fingerprint density at radius 2 is 1.63 bits per heavy atom. The van der Waals surface area contributed by atoms with Crippen LogP contribution in [0, 0.1) is 17.7 Å². The highest BCUT2D eigenvalue weighted by atomic mass is 35.5. The molecule has 8 heteroatoms. The number of nitrogens with zero attached hydrogens (tertiary/aromatic N) is 2. The normalized spacial score (nSPS) is 19.7. The Hall–Kier alpha value is -3.42. The molecule has 2 unspecified atom stereocenters. The molecule has 0 bridgehead atoms. The quantitative estimate of drug-likeness (QED) is 0.423. The Bertz CT molecular complexity index is 1250. The molecule has 38 heavy (non-hydrogen) atoms. The fraction of sp³-hybridized carbons (Fsp3) is 0.333. The molecule has 2 saturated heterocycles. The molecule has 198 valence electrons. The van der Waals surface area contributed by atoms with Gasteiger partial charge in [-0.25, -0.2) is 4.39 Å². The van der Waals surface area contributed by atoms with Crippen LogP contribution in [-0.2, 0) is 0 Å². The minimum atomic E-state index is -0.576. The zero-order valence-electron chi connectivity index (χ0n) is 21.4. The van der Waals surface area contributed by atoms with Crippen LogP contribution in [0.2, 0.25) is 5.02 Å². The third kappa shape index (κ3) is 5.69. The summed E-state index contributed by atoms with van der Waals surface area (Å²) in [6, 6.07) is 21.7. The molecule has 3 atom stereocenters. The van der Waals surface area contributed by atoms with Crippen molar-refractivity contribution in [3.8, 4) is 0 Å². The highest BCUT2D eigenvalue weighted by molar-refractivity contribution is 6.33. The fourth-order valence-electron chi connectivity index (χ4n) is 5.65. The number of hydrogen-bond donors (Lipinski definition) is 2. The monoisotopic (exact) mass is 534 g/mol. The average molecular weight is 535 g/mol. The first-order valence-corrected chi connectivity index (χ1v) is 13.4. The maximum absolute atomic E-state index is 14.3. The van der Waals surface area contributed by atoms with Crippen molar-refractivity contribution < 1.29 is 14.0 Å². The molecule has 3 aromatic rings. The van der Waals surface area contributed by atoms with Crippen LogP contribution in [-0.4, -0.2) is 61.4 Å². The Morgan fingerprint density at radius 1 is 0.947 bits per heavy atom. The van der Waals surface area contributed by atoms with E-state index in [1.807, 2.05) is 61.6 Å². The van der Waals surface area contributed by atoms with Crippen LogP contribution in [0.3, 0.4) is 0 Å². The van der Waals surface area contributed by atoms with Gasteiger partial charge in [0.15, 0.2) is 0 Å². The van der Waals surface area contributed by atoms with Crippen molar-refractivity contribution in [3.63, 3.8) is 0 Å². The first-order valence-electron chi connectivity index (χ1n) is 13.0. The van der Waals surface area contributed by atoms with E-state index in [0.717, 1.165) is 37.3 Å². The SMILES string of the molecule is CNc1ccc(C(=O)NC(CCN2CC3CN(C(=O)c4c(F)cccc4Cl)C[C@@H]3C2)c2ccccc2)cc1. The molecular formula is C30H32ClFN4O2. The third-order valence-corrected chi connectivity index (χ3v) is 8.02. The Morgan fingerprint density at radius 3 is 2.26 bits per heavy atom. The van der Waals surface area contributed by atoms with Crippen LogP contribution in [0.4, 0.5) is 10.1 Å². The van der Waals surface area contributed by atoms with Gasteiger partial charge in [0.1, 0.15) is 5.82 Å². The molecule has 2 amide bonds.